The van der Waals surface area contributed by atoms with Crippen LogP contribution in [0.2, 0.25) is 0 Å². The highest BCUT2D eigenvalue weighted by molar-refractivity contribution is 7.99. The molecular formula is C24H24N4O2S. The number of para-hydroxylation sites is 2. The summed E-state index contributed by atoms with van der Waals surface area (Å²) >= 11 is 1.66. The molecule has 0 radical (unpaired) electrons. The highest BCUT2D eigenvalue weighted by atomic mass is 32.2. The lowest BCUT2D eigenvalue weighted by Gasteiger charge is -2.26. The van der Waals surface area contributed by atoms with Crippen molar-refractivity contribution in [2.75, 3.05) is 12.4 Å². The van der Waals surface area contributed by atoms with Crippen LogP contribution in [0.15, 0.2) is 58.8 Å². The number of ether oxygens (including phenoxy) is 2. The van der Waals surface area contributed by atoms with Crippen LogP contribution in [0.5, 0.6) is 11.5 Å². The fourth-order valence-electron chi connectivity index (χ4n) is 4.62. The van der Waals surface area contributed by atoms with Gasteiger partial charge < -0.3 is 9.47 Å². The first-order valence-electron chi connectivity index (χ1n) is 11.0. The lowest BCUT2D eigenvalue weighted by atomic mass is 9.84. The maximum Gasteiger partial charge on any atom is 0.212 e. The van der Waals surface area contributed by atoms with E-state index in [1.807, 2.05) is 28.9 Å². The molecule has 1 atom stereocenters. The average molecular weight is 433 g/mol. The molecule has 1 saturated carbocycles. The van der Waals surface area contributed by atoms with Gasteiger partial charge in [0, 0.05) is 5.75 Å². The van der Waals surface area contributed by atoms with Crippen LogP contribution in [0.25, 0.3) is 0 Å². The smallest absolute Gasteiger partial charge is 0.212 e. The van der Waals surface area contributed by atoms with Gasteiger partial charge in [0.15, 0.2) is 23.4 Å². The van der Waals surface area contributed by atoms with Crippen molar-refractivity contribution in [2.24, 2.45) is 5.10 Å². The van der Waals surface area contributed by atoms with E-state index >= 15 is 0 Å². The Bertz CT molecular complexity index is 1120. The molecule has 0 unspecified atom stereocenters. The van der Waals surface area contributed by atoms with Gasteiger partial charge >= 0.3 is 0 Å². The van der Waals surface area contributed by atoms with Crippen molar-refractivity contribution < 1.29 is 9.47 Å². The summed E-state index contributed by atoms with van der Waals surface area (Å²) in [4.78, 5) is 0. The SMILES string of the molecule is c1ccc2c(c1)OC[C@@H](c1nnc3n1N=C(c1ccc(C4CCCCC4)cc1)CS3)O2. The molecule has 1 fully saturated rings. The van der Waals surface area contributed by atoms with E-state index in [2.05, 4.69) is 34.5 Å². The Morgan fingerprint density at radius 3 is 2.55 bits per heavy atom. The molecule has 3 aliphatic rings. The molecule has 0 amide bonds. The molecule has 6 nitrogen and oxygen atoms in total. The van der Waals surface area contributed by atoms with Crippen LogP contribution in [-0.2, 0) is 0 Å². The van der Waals surface area contributed by atoms with Crippen LogP contribution in [-0.4, -0.2) is 32.9 Å². The molecule has 2 aromatic carbocycles. The zero-order chi connectivity index (χ0) is 20.6. The summed E-state index contributed by atoms with van der Waals surface area (Å²) in [7, 11) is 0. The summed E-state index contributed by atoms with van der Waals surface area (Å²) < 4.78 is 13.8. The molecule has 0 bridgehead atoms. The number of rotatable bonds is 3. The van der Waals surface area contributed by atoms with Gasteiger partial charge in [-0.15, -0.1) is 10.2 Å². The Morgan fingerprint density at radius 1 is 0.903 bits per heavy atom. The summed E-state index contributed by atoms with van der Waals surface area (Å²) in [6.45, 7) is 0.390. The van der Waals surface area contributed by atoms with Crippen LogP contribution >= 0.6 is 11.8 Å². The van der Waals surface area contributed by atoms with Gasteiger partial charge in [-0.2, -0.15) is 9.78 Å². The van der Waals surface area contributed by atoms with Gasteiger partial charge in [0.1, 0.15) is 6.61 Å². The Balaban J connectivity index is 1.26. The third-order valence-corrected chi connectivity index (χ3v) is 7.24. The van der Waals surface area contributed by atoms with Crippen molar-refractivity contribution >= 4 is 17.5 Å². The third kappa shape index (κ3) is 3.61. The summed E-state index contributed by atoms with van der Waals surface area (Å²) in [5.74, 6) is 3.66. The molecule has 3 aromatic rings. The first kappa shape index (κ1) is 18.9. The van der Waals surface area contributed by atoms with Crippen LogP contribution in [0.3, 0.4) is 0 Å². The monoisotopic (exact) mass is 432 g/mol. The normalized spacial score (nSPS) is 20.8. The van der Waals surface area contributed by atoms with Gasteiger partial charge in [0.25, 0.3) is 0 Å². The van der Waals surface area contributed by atoms with Crippen molar-refractivity contribution in [1.82, 2.24) is 14.9 Å². The quantitative estimate of drug-likeness (QED) is 0.570. The number of thioether (sulfide) groups is 1. The molecule has 0 saturated heterocycles. The van der Waals surface area contributed by atoms with Crippen LogP contribution in [0.1, 0.15) is 61.1 Å². The highest BCUT2D eigenvalue weighted by Crippen LogP contribution is 2.37. The molecule has 0 N–H and O–H groups in total. The highest BCUT2D eigenvalue weighted by Gasteiger charge is 2.30. The second-order valence-corrected chi connectivity index (χ2v) is 9.25. The molecule has 31 heavy (non-hydrogen) atoms. The second kappa shape index (κ2) is 8.04. The molecule has 1 aliphatic carbocycles. The topological polar surface area (TPSA) is 61.5 Å². The van der Waals surface area contributed by atoms with E-state index < -0.39 is 0 Å². The third-order valence-electron chi connectivity index (χ3n) is 6.31. The summed E-state index contributed by atoms with van der Waals surface area (Å²) in [5.41, 5.74) is 3.65. The maximum atomic E-state index is 6.14. The first-order valence-corrected chi connectivity index (χ1v) is 12.0. The van der Waals surface area contributed by atoms with Crippen molar-refractivity contribution in [1.29, 1.82) is 0 Å². The van der Waals surface area contributed by atoms with Crippen molar-refractivity contribution in [3.63, 3.8) is 0 Å². The Kier molecular flexibility index (Phi) is 4.91. The predicted molar refractivity (Wildman–Crippen MR) is 120 cm³/mol. The van der Waals surface area contributed by atoms with Crippen molar-refractivity contribution in [3.8, 4) is 11.5 Å². The van der Waals surface area contributed by atoms with E-state index in [0.717, 1.165) is 33.7 Å². The summed E-state index contributed by atoms with van der Waals surface area (Å²) in [6, 6.07) is 16.7. The standard InChI is InChI=1S/C24H24N4O2S/c1-2-6-16(7-3-1)17-10-12-18(13-11-17)19-15-31-24-26-25-23(28(24)27-19)22-14-29-20-8-4-5-9-21(20)30-22/h4-5,8-13,16,22H,1-3,6-7,14-15H2/t22-/m0/s1. The molecule has 2 aliphatic heterocycles. The Labute approximate surface area is 185 Å². The van der Waals surface area contributed by atoms with Gasteiger partial charge in [0.2, 0.25) is 5.16 Å². The number of hydrogen-bond donors (Lipinski definition) is 0. The zero-order valence-electron chi connectivity index (χ0n) is 17.2. The average Bonchev–Trinajstić information content (AvgIpc) is 3.28. The fraction of sp³-hybridized carbons (Fsp3) is 0.375. The largest absolute Gasteiger partial charge is 0.485 e. The van der Waals surface area contributed by atoms with E-state index in [1.54, 1.807) is 11.8 Å². The number of fused-ring (bicyclic) bond motifs is 2. The number of aromatic nitrogens is 3. The van der Waals surface area contributed by atoms with Crippen LogP contribution in [0, 0.1) is 0 Å². The van der Waals surface area contributed by atoms with Gasteiger partial charge in [-0.05, 0) is 42.0 Å². The van der Waals surface area contributed by atoms with Gasteiger partial charge in [-0.25, -0.2) is 0 Å². The minimum atomic E-state index is -0.339. The summed E-state index contributed by atoms with van der Waals surface area (Å²) in [6.07, 6.45) is 6.38. The lowest BCUT2D eigenvalue weighted by molar-refractivity contribution is 0.0823. The van der Waals surface area contributed by atoms with Gasteiger partial charge in [0.05, 0.1) is 5.71 Å². The van der Waals surface area contributed by atoms with E-state index in [9.17, 15) is 0 Å². The fourth-order valence-corrected chi connectivity index (χ4v) is 5.46. The van der Waals surface area contributed by atoms with E-state index in [0.29, 0.717) is 18.3 Å². The minimum absolute atomic E-state index is 0.339. The van der Waals surface area contributed by atoms with Gasteiger partial charge in [-0.1, -0.05) is 67.4 Å². The summed E-state index contributed by atoms with van der Waals surface area (Å²) in [5, 5.41) is 14.4. The molecule has 6 rings (SSSR count). The lowest BCUT2D eigenvalue weighted by Crippen LogP contribution is -2.25. The first-order chi connectivity index (χ1) is 15.3. The number of hydrogen-bond acceptors (Lipinski definition) is 6. The van der Waals surface area contributed by atoms with Crippen molar-refractivity contribution in [3.05, 3.63) is 65.5 Å². The van der Waals surface area contributed by atoms with E-state index in [-0.39, 0.29) is 6.10 Å². The molecule has 7 heteroatoms. The van der Waals surface area contributed by atoms with E-state index in [4.69, 9.17) is 14.6 Å². The molecule has 158 valence electrons. The molecule has 3 heterocycles. The molecular weight excluding hydrogens is 408 g/mol. The number of benzene rings is 2. The Hall–Kier alpha value is -2.80. The molecule has 0 spiro atoms. The van der Waals surface area contributed by atoms with Crippen molar-refractivity contribution in [2.45, 2.75) is 49.3 Å². The van der Waals surface area contributed by atoms with Gasteiger partial charge in [-0.3, -0.25) is 0 Å². The Morgan fingerprint density at radius 2 is 1.71 bits per heavy atom. The predicted octanol–water partition coefficient (Wildman–Crippen LogP) is 5.20. The maximum absolute atomic E-state index is 6.14. The zero-order valence-corrected chi connectivity index (χ0v) is 18.1. The van der Waals surface area contributed by atoms with Crippen LogP contribution in [0.4, 0.5) is 0 Å². The van der Waals surface area contributed by atoms with E-state index in [1.165, 1.54) is 37.7 Å². The second-order valence-electron chi connectivity index (χ2n) is 8.31. The minimum Gasteiger partial charge on any atom is -0.485 e. The number of nitrogens with zero attached hydrogens (tertiary/aromatic N) is 4. The molecule has 1 aromatic heterocycles. The van der Waals surface area contributed by atoms with Crippen LogP contribution < -0.4 is 9.47 Å².